The Balaban J connectivity index is 1.35. The smallest absolute Gasteiger partial charge is 0.253 e. The fourth-order valence-corrected chi connectivity index (χ4v) is 5.06. The monoisotopic (exact) mass is 383 g/mol. The first-order chi connectivity index (χ1) is 13.2. The van der Waals surface area contributed by atoms with Gasteiger partial charge in [-0.2, -0.15) is 0 Å². The fraction of sp³-hybridized carbons (Fsp3) is 0.545. The summed E-state index contributed by atoms with van der Waals surface area (Å²) in [6.07, 6.45) is 7.78. The van der Waals surface area contributed by atoms with Gasteiger partial charge in [0.25, 0.3) is 5.91 Å². The Labute approximate surface area is 166 Å². The second-order valence-corrected chi connectivity index (χ2v) is 8.62. The normalized spacial score (nSPS) is 19.4. The zero-order valence-electron chi connectivity index (χ0n) is 16.2. The molecule has 0 unspecified atom stereocenters. The number of piperazine rings is 1. The first-order valence-corrected chi connectivity index (χ1v) is 11.2. The molecule has 2 fully saturated rings. The molecule has 0 bridgehead atoms. The summed E-state index contributed by atoms with van der Waals surface area (Å²) in [7, 11) is 0. The highest BCUT2D eigenvalue weighted by Crippen LogP contribution is 2.25. The molecule has 2 aliphatic rings. The summed E-state index contributed by atoms with van der Waals surface area (Å²) in [5, 5.41) is 3.25. The van der Waals surface area contributed by atoms with Crippen LogP contribution < -0.4 is 0 Å². The quantitative estimate of drug-likeness (QED) is 0.782. The minimum atomic E-state index is 0.164. The Kier molecular flexibility index (Phi) is 5.89. The number of amides is 1. The number of rotatable bonds is 4. The zero-order chi connectivity index (χ0) is 18.6. The topological polar surface area (TPSA) is 36.4 Å². The summed E-state index contributed by atoms with van der Waals surface area (Å²) >= 11 is 1.70. The van der Waals surface area contributed by atoms with Gasteiger partial charge in [-0.1, -0.05) is 38.3 Å². The summed E-state index contributed by atoms with van der Waals surface area (Å²) in [6.45, 7) is 5.87. The minimum Gasteiger partial charge on any atom is -0.336 e. The molecule has 1 aromatic heterocycles. The van der Waals surface area contributed by atoms with E-state index in [-0.39, 0.29) is 5.91 Å². The maximum atomic E-state index is 12.9. The number of benzene rings is 1. The lowest BCUT2D eigenvalue weighted by Gasteiger charge is -2.40. The number of aryl methyl sites for hydroxylation is 1. The van der Waals surface area contributed by atoms with Gasteiger partial charge >= 0.3 is 0 Å². The van der Waals surface area contributed by atoms with Crippen molar-refractivity contribution >= 4 is 17.2 Å². The van der Waals surface area contributed by atoms with Gasteiger partial charge in [-0.05, 0) is 31.4 Å². The maximum absolute atomic E-state index is 12.9. The lowest BCUT2D eigenvalue weighted by atomic mass is 9.94. The van der Waals surface area contributed by atoms with Gasteiger partial charge in [0.2, 0.25) is 0 Å². The van der Waals surface area contributed by atoms with Crippen molar-refractivity contribution in [3.8, 4) is 11.3 Å². The van der Waals surface area contributed by atoms with Crippen LogP contribution in [0.4, 0.5) is 0 Å². The molecule has 1 saturated heterocycles. The van der Waals surface area contributed by atoms with Crippen molar-refractivity contribution in [3.05, 3.63) is 40.2 Å². The molecule has 27 heavy (non-hydrogen) atoms. The number of hydrogen-bond acceptors (Lipinski definition) is 4. The first kappa shape index (κ1) is 18.6. The summed E-state index contributed by atoms with van der Waals surface area (Å²) in [6, 6.07) is 8.72. The van der Waals surface area contributed by atoms with Crippen molar-refractivity contribution in [2.45, 2.75) is 51.5 Å². The number of aromatic nitrogens is 1. The second kappa shape index (κ2) is 8.53. The molecule has 4 rings (SSSR count). The Bertz CT molecular complexity index is 756. The molecule has 1 aromatic carbocycles. The number of carbonyl (C=O) groups excluding carboxylic acids is 1. The molecule has 5 heteroatoms. The van der Waals surface area contributed by atoms with Crippen molar-refractivity contribution in [1.82, 2.24) is 14.8 Å². The highest BCUT2D eigenvalue weighted by Gasteiger charge is 2.27. The maximum Gasteiger partial charge on any atom is 0.253 e. The van der Waals surface area contributed by atoms with Crippen LogP contribution in [0.25, 0.3) is 11.3 Å². The summed E-state index contributed by atoms with van der Waals surface area (Å²) < 4.78 is 0. The predicted octanol–water partition coefficient (Wildman–Crippen LogP) is 4.46. The van der Waals surface area contributed by atoms with Gasteiger partial charge < -0.3 is 4.90 Å². The van der Waals surface area contributed by atoms with Gasteiger partial charge in [0.15, 0.2) is 0 Å². The average Bonchev–Trinajstić information content (AvgIpc) is 3.23. The van der Waals surface area contributed by atoms with Crippen LogP contribution in [0.5, 0.6) is 0 Å². The molecule has 144 valence electrons. The van der Waals surface area contributed by atoms with Gasteiger partial charge in [0.1, 0.15) is 0 Å². The molecule has 1 aliphatic carbocycles. The molecule has 1 aliphatic heterocycles. The van der Waals surface area contributed by atoms with E-state index in [4.69, 9.17) is 0 Å². The van der Waals surface area contributed by atoms with Crippen LogP contribution in [0, 0.1) is 0 Å². The highest BCUT2D eigenvalue weighted by molar-refractivity contribution is 7.09. The third kappa shape index (κ3) is 4.25. The third-order valence-electron chi connectivity index (χ3n) is 5.97. The van der Waals surface area contributed by atoms with Crippen molar-refractivity contribution in [1.29, 1.82) is 0 Å². The molecule has 1 amide bonds. The van der Waals surface area contributed by atoms with Crippen molar-refractivity contribution in [2.75, 3.05) is 26.2 Å². The fourth-order valence-electron chi connectivity index (χ4n) is 4.31. The molecular weight excluding hydrogens is 354 g/mol. The van der Waals surface area contributed by atoms with Crippen LogP contribution in [-0.4, -0.2) is 52.9 Å². The van der Waals surface area contributed by atoms with Crippen molar-refractivity contribution < 1.29 is 4.79 Å². The van der Waals surface area contributed by atoms with E-state index in [1.807, 2.05) is 29.2 Å². The van der Waals surface area contributed by atoms with E-state index in [0.717, 1.165) is 60.5 Å². The summed E-state index contributed by atoms with van der Waals surface area (Å²) in [4.78, 5) is 22.1. The summed E-state index contributed by atoms with van der Waals surface area (Å²) in [5.41, 5.74) is 2.89. The average molecular weight is 384 g/mol. The highest BCUT2D eigenvalue weighted by atomic mass is 32.1. The Morgan fingerprint density at radius 3 is 2.41 bits per heavy atom. The predicted molar refractivity (Wildman–Crippen MR) is 111 cm³/mol. The Morgan fingerprint density at radius 1 is 1.07 bits per heavy atom. The lowest BCUT2D eigenvalue weighted by molar-refractivity contribution is 0.0523. The van der Waals surface area contributed by atoms with E-state index in [0.29, 0.717) is 0 Å². The Hall–Kier alpha value is -1.72. The van der Waals surface area contributed by atoms with Crippen molar-refractivity contribution in [3.63, 3.8) is 0 Å². The van der Waals surface area contributed by atoms with Gasteiger partial charge in [-0.15, -0.1) is 11.3 Å². The number of nitrogens with zero attached hydrogens (tertiary/aromatic N) is 3. The van der Waals surface area contributed by atoms with Gasteiger partial charge in [0, 0.05) is 48.7 Å². The second-order valence-electron chi connectivity index (χ2n) is 7.68. The standard InChI is InChI=1S/C22H29N3OS/c1-2-21-23-20(16-27-21)17-8-10-18(11-9-17)22(26)25-14-12-24(13-15-25)19-6-4-3-5-7-19/h8-11,16,19H,2-7,12-15H2,1H3. The van der Waals surface area contributed by atoms with Crippen LogP contribution in [0.15, 0.2) is 29.6 Å². The van der Waals surface area contributed by atoms with Gasteiger partial charge in [-0.3, -0.25) is 9.69 Å². The first-order valence-electron chi connectivity index (χ1n) is 10.3. The van der Waals surface area contributed by atoms with E-state index >= 15 is 0 Å². The Morgan fingerprint density at radius 2 is 1.78 bits per heavy atom. The van der Waals surface area contributed by atoms with Gasteiger partial charge in [-0.25, -0.2) is 4.98 Å². The van der Waals surface area contributed by atoms with Crippen LogP contribution in [0.3, 0.4) is 0 Å². The van der Waals surface area contributed by atoms with E-state index < -0.39 is 0 Å². The van der Waals surface area contributed by atoms with E-state index in [2.05, 4.69) is 22.2 Å². The molecule has 0 spiro atoms. The van der Waals surface area contributed by atoms with Crippen LogP contribution in [-0.2, 0) is 6.42 Å². The van der Waals surface area contributed by atoms with E-state index in [1.165, 1.54) is 32.1 Å². The van der Waals surface area contributed by atoms with E-state index in [9.17, 15) is 4.79 Å². The molecule has 2 heterocycles. The van der Waals surface area contributed by atoms with Gasteiger partial charge in [0.05, 0.1) is 10.7 Å². The number of carbonyl (C=O) groups is 1. The number of hydrogen-bond donors (Lipinski definition) is 0. The summed E-state index contributed by atoms with van der Waals surface area (Å²) in [5.74, 6) is 0.164. The third-order valence-corrected chi connectivity index (χ3v) is 6.97. The van der Waals surface area contributed by atoms with E-state index in [1.54, 1.807) is 11.3 Å². The molecule has 0 N–H and O–H groups in total. The minimum absolute atomic E-state index is 0.164. The lowest BCUT2D eigenvalue weighted by Crippen LogP contribution is -2.52. The van der Waals surface area contributed by atoms with Crippen LogP contribution in [0.1, 0.15) is 54.4 Å². The zero-order valence-corrected chi connectivity index (χ0v) is 17.0. The molecule has 0 atom stereocenters. The molecule has 1 saturated carbocycles. The van der Waals surface area contributed by atoms with Crippen LogP contribution >= 0.6 is 11.3 Å². The SMILES string of the molecule is CCc1nc(-c2ccc(C(=O)N3CCN(C4CCCCC4)CC3)cc2)cs1. The van der Waals surface area contributed by atoms with Crippen LogP contribution in [0.2, 0.25) is 0 Å². The van der Waals surface area contributed by atoms with Crippen molar-refractivity contribution in [2.24, 2.45) is 0 Å². The number of thiazole rings is 1. The molecular formula is C22H29N3OS. The molecule has 4 nitrogen and oxygen atoms in total. The molecule has 0 radical (unpaired) electrons. The molecule has 2 aromatic rings. The largest absolute Gasteiger partial charge is 0.336 e.